The Kier molecular flexibility index (Phi) is 5.31. The van der Waals surface area contributed by atoms with Crippen LogP contribution in [0.15, 0.2) is 28.5 Å². The van der Waals surface area contributed by atoms with Crippen LogP contribution >= 0.6 is 11.3 Å². The maximum absolute atomic E-state index is 12.3. The van der Waals surface area contributed by atoms with Gasteiger partial charge in [-0.3, -0.25) is 14.5 Å². The number of piperidine rings is 1. The van der Waals surface area contributed by atoms with E-state index in [2.05, 4.69) is 15.2 Å². The standard InChI is InChI=1S/C17H22N4O3S/c1-11-18-13(10-25-11)8-21-6-5-14(15(22)9-21)19-17(24)12-3-4-16(23)20(2)7-12/h3-4,7,10,14-15,22H,5-6,8-9H2,1-2H3,(H,19,24)/t14-,15-/m1/s1. The van der Waals surface area contributed by atoms with E-state index in [1.165, 1.54) is 22.9 Å². The summed E-state index contributed by atoms with van der Waals surface area (Å²) in [6.07, 6.45) is 1.54. The molecule has 3 heterocycles. The fraction of sp³-hybridized carbons (Fsp3) is 0.471. The number of aryl methyl sites for hydroxylation is 2. The van der Waals surface area contributed by atoms with Crippen LogP contribution in [0, 0.1) is 6.92 Å². The van der Waals surface area contributed by atoms with Crippen LogP contribution in [0.25, 0.3) is 0 Å². The summed E-state index contributed by atoms with van der Waals surface area (Å²) in [5.74, 6) is -0.275. The number of hydrogen-bond donors (Lipinski definition) is 2. The van der Waals surface area contributed by atoms with Crippen LogP contribution in [0.2, 0.25) is 0 Å². The minimum atomic E-state index is -0.634. The number of aliphatic hydroxyl groups is 1. The van der Waals surface area contributed by atoms with Crippen LogP contribution in [-0.4, -0.2) is 50.7 Å². The molecular formula is C17H22N4O3S. The molecule has 7 nitrogen and oxygen atoms in total. The van der Waals surface area contributed by atoms with Gasteiger partial charge in [0, 0.05) is 44.3 Å². The van der Waals surface area contributed by atoms with Gasteiger partial charge < -0.3 is 15.0 Å². The Morgan fingerprint density at radius 3 is 2.92 bits per heavy atom. The smallest absolute Gasteiger partial charge is 0.253 e. The van der Waals surface area contributed by atoms with Gasteiger partial charge in [0.2, 0.25) is 5.56 Å². The average molecular weight is 362 g/mol. The first kappa shape index (κ1) is 17.8. The number of carbonyl (C=O) groups excluding carboxylic acids is 1. The zero-order valence-electron chi connectivity index (χ0n) is 14.3. The van der Waals surface area contributed by atoms with Crippen LogP contribution in [0.1, 0.15) is 27.5 Å². The topological polar surface area (TPSA) is 87.5 Å². The molecule has 2 aromatic heterocycles. The largest absolute Gasteiger partial charge is 0.390 e. The van der Waals surface area contributed by atoms with Crippen molar-refractivity contribution >= 4 is 17.2 Å². The van der Waals surface area contributed by atoms with E-state index in [4.69, 9.17) is 0 Å². The van der Waals surface area contributed by atoms with Crippen molar-refractivity contribution < 1.29 is 9.90 Å². The van der Waals surface area contributed by atoms with Gasteiger partial charge in [-0.05, 0) is 19.4 Å². The number of pyridine rings is 1. The number of aromatic nitrogens is 2. The van der Waals surface area contributed by atoms with E-state index in [9.17, 15) is 14.7 Å². The first-order chi connectivity index (χ1) is 11.9. The minimum absolute atomic E-state index is 0.165. The fourth-order valence-corrected chi connectivity index (χ4v) is 3.60. The molecular weight excluding hydrogens is 340 g/mol. The molecule has 2 atom stereocenters. The van der Waals surface area contributed by atoms with Crippen molar-refractivity contribution in [2.24, 2.45) is 7.05 Å². The molecule has 0 spiro atoms. The third kappa shape index (κ3) is 4.33. The molecule has 0 bridgehead atoms. The molecule has 2 aromatic rings. The molecule has 1 amide bonds. The lowest BCUT2D eigenvalue weighted by Crippen LogP contribution is -2.53. The SMILES string of the molecule is Cc1nc(CN2CC[C@@H](NC(=O)c3ccc(=O)n(C)c3)[C@H](O)C2)cs1. The first-order valence-electron chi connectivity index (χ1n) is 8.21. The van der Waals surface area contributed by atoms with Crippen molar-refractivity contribution in [1.82, 2.24) is 19.8 Å². The molecule has 134 valence electrons. The fourth-order valence-electron chi connectivity index (χ4n) is 3.00. The number of β-amino-alcohol motifs (C(OH)–C–C–N with tert-alkyl or cyclic N) is 1. The van der Waals surface area contributed by atoms with E-state index >= 15 is 0 Å². The molecule has 0 saturated carbocycles. The van der Waals surface area contributed by atoms with Crippen molar-refractivity contribution in [2.75, 3.05) is 13.1 Å². The van der Waals surface area contributed by atoms with Gasteiger partial charge in [-0.15, -0.1) is 11.3 Å². The number of hydrogen-bond acceptors (Lipinski definition) is 6. The molecule has 2 N–H and O–H groups in total. The summed E-state index contributed by atoms with van der Waals surface area (Å²) in [4.78, 5) is 30.3. The maximum atomic E-state index is 12.3. The van der Waals surface area contributed by atoms with Gasteiger partial charge in [0.05, 0.1) is 28.4 Å². The van der Waals surface area contributed by atoms with Crippen LogP contribution < -0.4 is 10.9 Å². The molecule has 3 rings (SSSR count). The molecule has 1 saturated heterocycles. The van der Waals surface area contributed by atoms with E-state index in [1.54, 1.807) is 18.4 Å². The number of aliphatic hydroxyl groups excluding tert-OH is 1. The number of amides is 1. The zero-order chi connectivity index (χ0) is 18.0. The van der Waals surface area contributed by atoms with Crippen LogP contribution in [0.4, 0.5) is 0 Å². The summed E-state index contributed by atoms with van der Waals surface area (Å²) in [6.45, 7) is 3.97. The summed E-state index contributed by atoms with van der Waals surface area (Å²) < 4.78 is 1.36. The Morgan fingerprint density at radius 2 is 2.28 bits per heavy atom. The lowest BCUT2D eigenvalue weighted by atomic mass is 10.0. The number of carbonyl (C=O) groups is 1. The van der Waals surface area contributed by atoms with Gasteiger partial charge in [-0.25, -0.2) is 4.98 Å². The second-order valence-corrected chi connectivity index (χ2v) is 7.46. The number of thiazole rings is 1. The Balaban J connectivity index is 1.56. The van der Waals surface area contributed by atoms with E-state index in [0.717, 1.165) is 17.2 Å². The quantitative estimate of drug-likeness (QED) is 0.828. The van der Waals surface area contributed by atoms with Crippen molar-refractivity contribution in [1.29, 1.82) is 0 Å². The normalized spacial score (nSPS) is 21.2. The van der Waals surface area contributed by atoms with E-state index < -0.39 is 6.10 Å². The molecule has 0 aromatic carbocycles. The molecule has 0 unspecified atom stereocenters. The van der Waals surface area contributed by atoms with Gasteiger partial charge in [-0.2, -0.15) is 0 Å². The van der Waals surface area contributed by atoms with Crippen LogP contribution in [0.3, 0.4) is 0 Å². The van der Waals surface area contributed by atoms with Crippen molar-refractivity contribution in [3.05, 3.63) is 50.3 Å². The van der Waals surface area contributed by atoms with Crippen molar-refractivity contribution in [3.63, 3.8) is 0 Å². The molecule has 1 aliphatic rings. The maximum Gasteiger partial charge on any atom is 0.253 e. The Morgan fingerprint density at radius 1 is 1.48 bits per heavy atom. The van der Waals surface area contributed by atoms with Gasteiger partial charge in [-0.1, -0.05) is 0 Å². The molecule has 1 aliphatic heterocycles. The highest BCUT2D eigenvalue weighted by molar-refractivity contribution is 7.09. The summed E-state index contributed by atoms with van der Waals surface area (Å²) in [6, 6.07) is 2.58. The first-order valence-corrected chi connectivity index (χ1v) is 9.09. The lowest BCUT2D eigenvalue weighted by Gasteiger charge is -2.35. The Labute approximate surface area is 149 Å². The van der Waals surface area contributed by atoms with Crippen molar-refractivity contribution in [2.45, 2.75) is 32.0 Å². The lowest BCUT2D eigenvalue weighted by molar-refractivity contribution is 0.0345. The summed E-state index contributed by atoms with van der Waals surface area (Å²) in [5, 5.41) is 16.3. The highest BCUT2D eigenvalue weighted by Crippen LogP contribution is 2.16. The number of likely N-dealkylation sites (tertiary alicyclic amines) is 1. The second kappa shape index (κ2) is 7.47. The highest BCUT2D eigenvalue weighted by atomic mass is 32.1. The number of nitrogens with one attached hydrogen (secondary N) is 1. The summed E-state index contributed by atoms with van der Waals surface area (Å²) in [5.41, 5.74) is 1.26. The number of nitrogens with zero attached hydrogens (tertiary/aromatic N) is 3. The predicted octanol–water partition coefficient (Wildman–Crippen LogP) is 0.515. The molecule has 1 fully saturated rings. The molecule has 0 radical (unpaired) electrons. The third-order valence-corrected chi connectivity index (χ3v) is 5.21. The Hall–Kier alpha value is -2.03. The molecule has 0 aliphatic carbocycles. The third-order valence-electron chi connectivity index (χ3n) is 4.38. The van der Waals surface area contributed by atoms with Gasteiger partial charge in [0.25, 0.3) is 5.91 Å². The van der Waals surface area contributed by atoms with Crippen LogP contribution in [0.5, 0.6) is 0 Å². The number of rotatable bonds is 4. The highest BCUT2D eigenvalue weighted by Gasteiger charge is 2.29. The van der Waals surface area contributed by atoms with E-state index in [0.29, 0.717) is 25.1 Å². The van der Waals surface area contributed by atoms with E-state index in [-0.39, 0.29) is 17.5 Å². The summed E-state index contributed by atoms with van der Waals surface area (Å²) in [7, 11) is 1.60. The van der Waals surface area contributed by atoms with E-state index in [1.807, 2.05) is 12.3 Å². The second-order valence-electron chi connectivity index (χ2n) is 6.40. The van der Waals surface area contributed by atoms with Gasteiger partial charge >= 0.3 is 0 Å². The van der Waals surface area contributed by atoms with Gasteiger partial charge in [0.15, 0.2) is 0 Å². The average Bonchev–Trinajstić information content (AvgIpc) is 2.97. The zero-order valence-corrected chi connectivity index (χ0v) is 15.1. The summed E-state index contributed by atoms with van der Waals surface area (Å²) >= 11 is 1.62. The molecule has 8 heteroatoms. The van der Waals surface area contributed by atoms with Crippen LogP contribution in [-0.2, 0) is 13.6 Å². The monoisotopic (exact) mass is 362 g/mol. The minimum Gasteiger partial charge on any atom is -0.390 e. The van der Waals surface area contributed by atoms with Crippen molar-refractivity contribution in [3.8, 4) is 0 Å². The Bertz CT molecular complexity index is 816. The van der Waals surface area contributed by atoms with Gasteiger partial charge in [0.1, 0.15) is 0 Å². The predicted molar refractivity (Wildman–Crippen MR) is 95.7 cm³/mol. The molecule has 25 heavy (non-hydrogen) atoms.